The molecule has 25 heavy (non-hydrogen) atoms. The van der Waals surface area contributed by atoms with Gasteiger partial charge in [-0.15, -0.1) is 0 Å². The molecule has 1 aliphatic rings. The molecular weight excluding hydrogens is 321 g/mol. The molecule has 0 bridgehead atoms. The van der Waals surface area contributed by atoms with Crippen LogP contribution >= 0.6 is 0 Å². The topological polar surface area (TPSA) is 62.4 Å². The number of methoxy groups -OCH3 is 1. The molecule has 0 aliphatic carbocycles. The second-order valence-electron chi connectivity index (χ2n) is 6.13. The zero-order valence-corrected chi connectivity index (χ0v) is 14.3. The van der Waals surface area contributed by atoms with E-state index in [1.165, 1.54) is 6.07 Å². The van der Waals surface area contributed by atoms with E-state index in [-0.39, 0.29) is 11.7 Å². The second-order valence-corrected chi connectivity index (χ2v) is 6.13. The molecule has 0 radical (unpaired) electrons. The molecular formula is C19H22FN3O2. The van der Waals surface area contributed by atoms with Gasteiger partial charge in [-0.3, -0.25) is 15.6 Å². The fraction of sp³-hybridized carbons (Fsp3) is 0.316. The van der Waals surface area contributed by atoms with Crippen molar-refractivity contribution >= 4 is 5.91 Å². The molecule has 1 heterocycles. The summed E-state index contributed by atoms with van der Waals surface area (Å²) in [5.74, 6) is 0.388. The van der Waals surface area contributed by atoms with Crippen molar-refractivity contribution in [2.45, 2.75) is 18.9 Å². The fourth-order valence-electron chi connectivity index (χ4n) is 3.06. The minimum atomic E-state index is -0.428. The van der Waals surface area contributed by atoms with Crippen molar-refractivity contribution < 1.29 is 13.9 Å². The maximum absolute atomic E-state index is 13.9. The molecule has 1 amide bonds. The minimum Gasteiger partial charge on any atom is -0.496 e. The predicted molar refractivity (Wildman–Crippen MR) is 94.0 cm³/mol. The summed E-state index contributed by atoms with van der Waals surface area (Å²) in [4.78, 5) is 12.5. The molecule has 2 aromatic rings. The van der Waals surface area contributed by atoms with Gasteiger partial charge in [0.2, 0.25) is 0 Å². The number of amides is 1. The number of hydrogen-bond donors (Lipinski definition) is 3. The lowest BCUT2D eigenvalue weighted by Crippen LogP contribution is -2.27. The van der Waals surface area contributed by atoms with Crippen molar-refractivity contribution in [3.63, 3.8) is 0 Å². The average Bonchev–Trinajstić information content (AvgIpc) is 3.15. The lowest BCUT2D eigenvalue weighted by molar-refractivity contribution is 0.0939. The van der Waals surface area contributed by atoms with E-state index in [9.17, 15) is 9.18 Å². The highest BCUT2D eigenvalue weighted by molar-refractivity contribution is 5.95. The molecule has 2 aromatic carbocycles. The van der Waals surface area contributed by atoms with E-state index < -0.39 is 6.04 Å². The molecule has 6 heteroatoms. The molecule has 1 saturated heterocycles. The van der Waals surface area contributed by atoms with Gasteiger partial charge < -0.3 is 10.1 Å². The van der Waals surface area contributed by atoms with Crippen molar-refractivity contribution in [1.82, 2.24) is 16.2 Å². The van der Waals surface area contributed by atoms with Crippen LogP contribution in [0.1, 0.15) is 40.4 Å². The van der Waals surface area contributed by atoms with E-state index in [2.05, 4.69) is 16.2 Å². The summed E-state index contributed by atoms with van der Waals surface area (Å²) < 4.78 is 19.3. The monoisotopic (exact) mass is 343 g/mol. The Kier molecular flexibility index (Phi) is 5.31. The minimum absolute atomic E-state index is 0.261. The van der Waals surface area contributed by atoms with E-state index in [1.807, 2.05) is 6.07 Å². The van der Waals surface area contributed by atoms with Gasteiger partial charge in [0.05, 0.1) is 13.2 Å². The van der Waals surface area contributed by atoms with Gasteiger partial charge in [0.25, 0.3) is 5.91 Å². The highest BCUT2D eigenvalue weighted by Gasteiger charge is 2.22. The van der Waals surface area contributed by atoms with E-state index >= 15 is 0 Å². The van der Waals surface area contributed by atoms with Crippen LogP contribution in [0.3, 0.4) is 0 Å². The largest absolute Gasteiger partial charge is 0.496 e. The van der Waals surface area contributed by atoms with Crippen LogP contribution < -0.4 is 20.9 Å². The SMILES string of the molecule is COc1cc(C(=O)NC(C)c2ccccc2F)ccc1C1CNNC1. The second kappa shape index (κ2) is 7.63. The van der Waals surface area contributed by atoms with Gasteiger partial charge >= 0.3 is 0 Å². The molecule has 0 aromatic heterocycles. The fourth-order valence-corrected chi connectivity index (χ4v) is 3.06. The summed E-state index contributed by atoms with van der Waals surface area (Å²) >= 11 is 0. The first-order chi connectivity index (χ1) is 12.1. The Labute approximate surface area is 146 Å². The number of hydrogen-bond acceptors (Lipinski definition) is 4. The van der Waals surface area contributed by atoms with Gasteiger partial charge in [-0.05, 0) is 30.7 Å². The Morgan fingerprint density at radius 1 is 1.24 bits per heavy atom. The number of halogens is 1. The summed E-state index contributed by atoms with van der Waals surface area (Å²) in [6.45, 7) is 3.39. The number of carbonyl (C=O) groups excluding carboxylic acids is 1. The number of ether oxygens (including phenoxy) is 1. The lowest BCUT2D eigenvalue weighted by atomic mass is 9.97. The summed E-state index contributed by atoms with van der Waals surface area (Å²) in [5.41, 5.74) is 8.18. The van der Waals surface area contributed by atoms with Crippen LogP contribution in [0.4, 0.5) is 4.39 Å². The van der Waals surface area contributed by atoms with Crippen molar-refractivity contribution in [2.75, 3.05) is 20.2 Å². The van der Waals surface area contributed by atoms with Crippen molar-refractivity contribution in [3.8, 4) is 5.75 Å². The van der Waals surface area contributed by atoms with Crippen LogP contribution in [-0.2, 0) is 0 Å². The quantitative estimate of drug-likeness (QED) is 0.781. The van der Waals surface area contributed by atoms with Crippen LogP contribution in [0, 0.1) is 5.82 Å². The lowest BCUT2D eigenvalue weighted by Gasteiger charge is -2.17. The first-order valence-corrected chi connectivity index (χ1v) is 8.29. The van der Waals surface area contributed by atoms with E-state index in [4.69, 9.17) is 4.74 Å². The Balaban J connectivity index is 1.77. The third kappa shape index (κ3) is 3.81. The molecule has 5 nitrogen and oxygen atoms in total. The molecule has 1 aliphatic heterocycles. The van der Waals surface area contributed by atoms with Gasteiger partial charge in [0, 0.05) is 30.1 Å². The van der Waals surface area contributed by atoms with Crippen LogP contribution in [0.15, 0.2) is 42.5 Å². The van der Waals surface area contributed by atoms with Crippen LogP contribution in [0.2, 0.25) is 0 Å². The van der Waals surface area contributed by atoms with Crippen molar-refractivity contribution in [1.29, 1.82) is 0 Å². The maximum atomic E-state index is 13.9. The Morgan fingerprint density at radius 2 is 1.96 bits per heavy atom. The summed E-state index contributed by atoms with van der Waals surface area (Å²) in [6, 6.07) is 11.4. The highest BCUT2D eigenvalue weighted by atomic mass is 19.1. The predicted octanol–water partition coefficient (Wildman–Crippen LogP) is 2.52. The molecule has 3 N–H and O–H groups in total. The zero-order valence-electron chi connectivity index (χ0n) is 14.3. The van der Waals surface area contributed by atoms with Crippen molar-refractivity contribution in [2.24, 2.45) is 0 Å². The number of carbonyl (C=O) groups is 1. The van der Waals surface area contributed by atoms with Gasteiger partial charge in [0.1, 0.15) is 11.6 Å². The summed E-state index contributed by atoms with van der Waals surface area (Å²) in [6.07, 6.45) is 0. The standard InChI is InChI=1S/C19H22FN3O2/c1-12(15-5-3-4-6-17(15)20)23-19(24)13-7-8-16(18(9-13)25-2)14-10-21-22-11-14/h3-9,12,14,21-22H,10-11H2,1-2H3,(H,23,24). The van der Waals surface area contributed by atoms with E-state index in [1.54, 1.807) is 44.4 Å². The van der Waals surface area contributed by atoms with E-state index in [0.717, 1.165) is 18.7 Å². The van der Waals surface area contributed by atoms with E-state index in [0.29, 0.717) is 22.8 Å². The Morgan fingerprint density at radius 3 is 2.64 bits per heavy atom. The maximum Gasteiger partial charge on any atom is 0.251 e. The average molecular weight is 343 g/mol. The van der Waals surface area contributed by atoms with Gasteiger partial charge in [0.15, 0.2) is 0 Å². The molecule has 1 unspecified atom stereocenters. The van der Waals surface area contributed by atoms with Gasteiger partial charge in [-0.2, -0.15) is 0 Å². The smallest absolute Gasteiger partial charge is 0.251 e. The summed E-state index contributed by atoms with van der Waals surface area (Å²) in [7, 11) is 1.60. The number of rotatable bonds is 5. The Bertz CT molecular complexity index is 760. The molecule has 3 rings (SSSR count). The molecule has 132 valence electrons. The molecule has 1 atom stereocenters. The zero-order chi connectivity index (χ0) is 17.8. The Hall–Kier alpha value is -2.44. The first kappa shape index (κ1) is 17.4. The number of nitrogens with one attached hydrogen (secondary N) is 3. The first-order valence-electron chi connectivity index (χ1n) is 8.29. The molecule has 0 saturated carbocycles. The van der Waals surface area contributed by atoms with Gasteiger partial charge in [-0.1, -0.05) is 24.3 Å². The normalized spacial score (nSPS) is 15.8. The number of benzene rings is 2. The van der Waals surface area contributed by atoms with Crippen LogP contribution in [0.5, 0.6) is 5.75 Å². The van der Waals surface area contributed by atoms with Crippen LogP contribution in [0.25, 0.3) is 0 Å². The molecule has 0 spiro atoms. The van der Waals surface area contributed by atoms with Gasteiger partial charge in [-0.25, -0.2) is 4.39 Å². The van der Waals surface area contributed by atoms with Crippen LogP contribution in [-0.4, -0.2) is 26.1 Å². The van der Waals surface area contributed by atoms with Crippen molar-refractivity contribution in [3.05, 3.63) is 65.0 Å². The summed E-state index contributed by atoms with van der Waals surface area (Å²) in [5, 5.41) is 2.83. The number of hydrazine groups is 1. The highest BCUT2D eigenvalue weighted by Crippen LogP contribution is 2.29. The molecule has 1 fully saturated rings. The third-order valence-corrected chi connectivity index (χ3v) is 4.48. The third-order valence-electron chi connectivity index (χ3n) is 4.48.